The fourth-order valence-electron chi connectivity index (χ4n) is 2.65. The molecule has 2 N–H and O–H groups in total. The number of rotatable bonds is 5. The number of pyridine rings is 1. The maximum atomic E-state index is 12.8. The molecular weight excluding hydrogens is 312 g/mol. The van der Waals surface area contributed by atoms with Crippen LogP contribution in [0.1, 0.15) is 16.8 Å². The first-order valence-electron chi connectivity index (χ1n) is 7.80. The predicted octanol–water partition coefficient (Wildman–Crippen LogP) is 0.117. The first-order chi connectivity index (χ1) is 11.5. The average Bonchev–Trinajstić information content (AvgIpc) is 2.84. The Morgan fingerprint density at radius 1 is 1.46 bits per heavy atom. The van der Waals surface area contributed by atoms with Crippen LogP contribution in [-0.2, 0) is 14.3 Å². The van der Waals surface area contributed by atoms with E-state index in [-0.39, 0.29) is 31.4 Å². The third-order valence-electron chi connectivity index (χ3n) is 4.09. The van der Waals surface area contributed by atoms with Crippen molar-refractivity contribution in [1.82, 2.24) is 15.2 Å². The predicted molar refractivity (Wildman–Crippen MR) is 88.9 cm³/mol. The monoisotopic (exact) mass is 336 g/mol. The van der Waals surface area contributed by atoms with Crippen LogP contribution in [0, 0.1) is 0 Å². The van der Waals surface area contributed by atoms with Crippen LogP contribution in [0.3, 0.4) is 0 Å². The summed E-state index contributed by atoms with van der Waals surface area (Å²) in [5.74, 6) is 0.323. The maximum absolute atomic E-state index is 12.8. The van der Waals surface area contributed by atoms with E-state index in [1.807, 2.05) is 0 Å². The Balaban J connectivity index is 2.21. The summed E-state index contributed by atoms with van der Waals surface area (Å²) in [6.45, 7) is 1.38. The second-order valence-corrected chi connectivity index (χ2v) is 5.70. The highest BCUT2D eigenvalue weighted by Gasteiger charge is 2.38. The molecule has 0 aliphatic carbocycles. The number of hydrogen-bond donors (Lipinski definition) is 2. The third kappa shape index (κ3) is 4.21. The quantitative estimate of drug-likeness (QED) is 0.793. The van der Waals surface area contributed by atoms with Crippen LogP contribution in [0.2, 0.25) is 0 Å². The molecule has 2 heterocycles. The summed E-state index contributed by atoms with van der Waals surface area (Å²) in [5.41, 5.74) is -0.327. The van der Waals surface area contributed by atoms with E-state index in [9.17, 15) is 9.59 Å². The van der Waals surface area contributed by atoms with E-state index in [0.29, 0.717) is 24.5 Å². The fourth-order valence-corrected chi connectivity index (χ4v) is 2.65. The normalized spacial score (nSPS) is 21.0. The van der Waals surface area contributed by atoms with Crippen molar-refractivity contribution in [3.8, 4) is 0 Å². The first-order valence-corrected chi connectivity index (χ1v) is 7.80. The van der Waals surface area contributed by atoms with Gasteiger partial charge in [0.2, 0.25) is 5.91 Å². The lowest BCUT2D eigenvalue weighted by atomic mass is 9.98. The second kappa shape index (κ2) is 8.07. The number of anilines is 1. The largest absolute Gasteiger partial charge is 0.377 e. The van der Waals surface area contributed by atoms with Gasteiger partial charge in [-0.15, -0.1) is 0 Å². The molecule has 1 fully saturated rings. The number of methoxy groups -OCH3 is 1. The van der Waals surface area contributed by atoms with Crippen LogP contribution >= 0.6 is 0 Å². The van der Waals surface area contributed by atoms with E-state index in [2.05, 4.69) is 15.6 Å². The molecule has 2 rings (SSSR count). The first kappa shape index (κ1) is 18.2. The zero-order valence-corrected chi connectivity index (χ0v) is 14.3. The van der Waals surface area contributed by atoms with Gasteiger partial charge < -0.3 is 25.0 Å². The topological polar surface area (TPSA) is 92.8 Å². The molecule has 0 bridgehead atoms. The number of carbonyl (C=O) groups excluding carboxylic acids is 2. The molecule has 1 aromatic heterocycles. The van der Waals surface area contributed by atoms with Crippen molar-refractivity contribution in [2.75, 3.05) is 52.8 Å². The summed E-state index contributed by atoms with van der Waals surface area (Å²) in [6, 6.07) is 3.36. The van der Waals surface area contributed by atoms with E-state index in [4.69, 9.17) is 9.47 Å². The summed E-state index contributed by atoms with van der Waals surface area (Å²) in [4.78, 5) is 30.4. The maximum Gasteiger partial charge on any atom is 0.254 e. The highest BCUT2D eigenvalue weighted by Crippen LogP contribution is 2.22. The Labute approximate surface area is 141 Å². The molecule has 132 valence electrons. The molecular formula is C16H24N4O4. The van der Waals surface area contributed by atoms with Crippen LogP contribution in [0.25, 0.3) is 0 Å². The van der Waals surface area contributed by atoms with Gasteiger partial charge in [0.15, 0.2) is 0 Å². The molecule has 24 heavy (non-hydrogen) atoms. The smallest absolute Gasteiger partial charge is 0.254 e. The molecule has 0 radical (unpaired) electrons. The Morgan fingerprint density at radius 3 is 2.92 bits per heavy atom. The van der Waals surface area contributed by atoms with E-state index in [1.165, 1.54) is 7.11 Å². The second-order valence-electron chi connectivity index (χ2n) is 5.70. The minimum absolute atomic E-state index is 0.127. The standard InChI is InChI=1S/C16H24N4O4/c1-17-13-8-12(4-5-19-13)15(22)20-6-7-24-11-16(10-20,23-3)9-14(21)18-2/h4-5,8H,6-7,9-11H2,1-3H3,(H,17,19)(H,18,21)/t16-/m0/s1. The molecule has 0 unspecified atom stereocenters. The minimum Gasteiger partial charge on any atom is -0.377 e. The van der Waals surface area contributed by atoms with Gasteiger partial charge in [-0.25, -0.2) is 4.98 Å². The van der Waals surface area contributed by atoms with Gasteiger partial charge in [-0.3, -0.25) is 9.59 Å². The number of ether oxygens (including phenoxy) is 2. The molecule has 2 amide bonds. The van der Waals surface area contributed by atoms with Gasteiger partial charge >= 0.3 is 0 Å². The van der Waals surface area contributed by atoms with Gasteiger partial charge in [-0.05, 0) is 12.1 Å². The van der Waals surface area contributed by atoms with Gasteiger partial charge in [-0.2, -0.15) is 0 Å². The van der Waals surface area contributed by atoms with Crippen LogP contribution in [0.5, 0.6) is 0 Å². The summed E-state index contributed by atoms with van der Waals surface area (Å²) in [5, 5.41) is 5.50. The van der Waals surface area contributed by atoms with Gasteiger partial charge in [0, 0.05) is 39.5 Å². The highest BCUT2D eigenvalue weighted by molar-refractivity contribution is 5.95. The number of aromatic nitrogens is 1. The van der Waals surface area contributed by atoms with Crippen molar-refractivity contribution in [1.29, 1.82) is 0 Å². The van der Waals surface area contributed by atoms with Gasteiger partial charge in [-0.1, -0.05) is 0 Å². The molecule has 8 nitrogen and oxygen atoms in total. The van der Waals surface area contributed by atoms with Crippen LogP contribution < -0.4 is 10.6 Å². The molecule has 1 aromatic rings. The summed E-state index contributed by atoms with van der Waals surface area (Å²) in [7, 11) is 4.85. The summed E-state index contributed by atoms with van der Waals surface area (Å²) in [6.07, 6.45) is 1.71. The van der Waals surface area contributed by atoms with E-state index < -0.39 is 5.60 Å². The summed E-state index contributed by atoms with van der Waals surface area (Å²) >= 11 is 0. The Hall–Kier alpha value is -2.19. The SMILES string of the molecule is CNC(=O)C[C@@]1(OC)COCCN(C(=O)c2ccnc(NC)c2)C1. The Kier molecular flexibility index (Phi) is 6.10. The van der Waals surface area contributed by atoms with Crippen molar-refractivity contribution < 1.29 is 19.1 Å². The Morgan fingerprint density at radius 2 is 2.25 bits per heavy atom. The lowest BCUT2D eigenvalue weighted by Gasteiger charge is -2.33. The molecule has 1 aliphatic rings. The number of amides is 2. The number of hydrogen-bond acceptors (Lipinski definition) is 6. The molecule has 0 saturated carbocycles. The van der Waals surface area contributed by atoms with Gasteiger partial charge in [0.05, 0.1) is 26.2 Å². The van der Waals surface area contributed by atoms with E-state index in [1.54, 1.807) is 37.3 Å². The molecule has 1 atom stereocenters. The van der Waals surface area contributed by atoms with Crippen LogP contribution in [-0.4, -0.2) is 74.8 Å². The van der Waals surface area contributed by atoms with E-state index >= 15 is 0 Å². The average molecular weight is 336 g/mol. The number of nitrogens with zero attached hydrogens (tertiary/aromatic N) is 2. The molecule has 0 aromatic carbocycles. The minimum atomic E-state index is -0.856. The fraction of sp³-hybridized carbons (Fsp3) is 0.562. The van der Waals surface area contributed by atoms with Crippen molar-refractivity contribution in [2.45, 2.75) is 12.0 Å². The molecule has 0 spiro atoms. The molecule has 8 heteroatoms. The van der Waals surface area contributed by atoms with Crippen molar-refractivity contribution in [2.24, 2.45) is 0 Å². The van der Waals surface area contributed by atoms with E-state index in [0.717, 1.165) is 0 Å². The van der Waals surface area contributed by atoms with Crippen LogP contribution in [0.15, 0.2) is 18.3 Å². The van der Waals surface area contributed by atoms with Crippen LogP contribution in [0.4, 0.5) is 5.82 Å². The zero-order chi connectivity index (χ0) is 17.6. The van der Waals surface area contributed by atoms with Crippen molar-refractivity contribution in [3.05, 3.63) is 23.9 Å². The van der Waals surface area contributed by atoms with Gasteiger partial charge in [0.25, 0.3) is 5.91 Å². The lowest BCUT2D eigenvalue weighted by Crippen LogP contribution is -2.50. The van der Waals surface area contributed by atoms with Crippen molar-refractivity contribution in [3.63, 3.8) is 0 Å². The summed E-state index contributed by atoms with van der Waals surface area (Å²) < 4.78 is 11.2. The molecule has 1 aliphatic heterocycles. The van der Waals surface area contributed by atoms with Crippen molar-refractivity contribution >= 4 is 17.6 Å². The zero-order valence-electron chi connectivity index (χ0n) is 14.3. The highest BCUT2D eigenvalue weighted by atomic mass is 16.5. The number of nitrogens with one attached hydrogen (secondary N) is 2. The number of carbonyl (C=O) groups is 2. The molecule has 1 saturated heterocycles. The Bertz CT molecular complexity index is 595. The van der Waals surface area contributed by atoms with Gasteiger partial charge in [0.1, 0.15) is 11.4 Å². The lowest BCUT2D eigenvalue weighted by molar-refractivity contribution is -0.131. The third-order valence-corrected chi connectivity index (χ3v) is 4.09.